The van der Waals surface area contributed by atoms with Gasteiger partial charge in [0, 0.05) is 6.04 Å². The van der Waals surface area contributed by atoms with Crippen molar-refractivity contribution in [1.82, 2.24) is 15.5 Å². The monoisotopic (exact) mass is 394 g/mol. The number of carbonyl (C=O) groups excluding carboxylic acids is 2. The second kappa shape index (κ2) is 8.39. The van der Waals surface area contributed by atoms with E-state index in [1.165, 1.54) is 25.8 Å². The molecule has 0 saturated heterocycles. The van der Waals surface area contributed by atoms with E-state index in [1.54, 1.807) is 0 Å². The van der Waals surface area contributed by atoms with Crippen molar-refractivity contribution in [3.63, 3.8) is 0 Å². The molecule has 1 fully saturated rings. The first-order chi connectivity index (χ1) is 13.0. The summed E-state index contributed by atoms with van der Waals surface area (Å²) in [6, 6.07) is 2.52. The number of aromatic nitrogens is 2. The number of benzene rings is 1. The van der Waals surface area contributed by atoms with Gasteiger partial charge in [-0.05, 0) is 25.0 Å². The molecule has 0 atom stereocenters. The Balaban J connectivity index is 1.76. The van der Waals surface area contributed by atoms with Gasteiger partial charge in [0.15, 0.2) is 0 Å². The summed E-state index contributed by atoms with van der Waals surface area (Å²) in [7, 11) is 1.37. The fraction of sp³-hybridized carbons (Fsp3) is 0.389. The van der Waals surface area contributed by atoms with E-state index in [0.29, 0.717) is 0 Å². The van der Waals surface area contributed by atoms with Crippen LogP contribution >= 0.6 is 11.6 Å². The largest absolute Gasteiger partial charge is 0.495 e. The van der Waals surface area contributed by atoms with Gasteiger partial charge in [0.25, 0.3) is 11.8 Å². The van der Waals surface area contributed by atoms with E-state index in [4.69, 9.17) is 16.3 Å². The maximum Gasteiger partial charge on any atom is 0.271 e. The Morgan fingerprint density at radius 1 is 1.26 bits per heavy atom. The van der Waals surface area contributed by atoms with E-state index in [0.717, 1.165) is 31.7 Å². The lowest BCUT2D eigenvalue weighted by Crippen LogP contribution is -2.36. The maximum atomic E-state index is 14.1. The molecule has 7 nitrogen and oxygen atoms in total. The van der Waals surface area contributed by atoms with Crippen molar-refractivity contribution in [2.75, 3.05) is 12.4 Å². The number of hydrogen-bond donors (Lipinski definition) is 3. The highest BCUT2D eigenvalue weighted by atomic mass is 35.5. The van der Waals surface area contributed by atoms with E-state index in [2.05, 4.69) is 20.8 Å². The molecule has 144 valence electrons. The zero-order valence-electron chi connectivity index (χ0n) is 14.8. The summed E-state index contributed by atoms with van der Waals surface area (Å²) in [4.78, 5) is 25.0. The molecule has 0 radical (unpaired) electrons. The second-order valence-electron chi connectivity index (χ2n) is 6.36. The van der Waals surface area contributed by atoms with Crippen molar-refractivity contribution in [3.05, 3.63) is 40.4 Å². The number of rotatable bonds is 5. The number of nitrogens with one attached hydrogen (secondary N) is 3. The average molecular weight is 395 g/mol. The van der Waals surface area contributed by atoms with Crippen molar-refractivity contribution >= 4 is 29.1 Å². The Kier molecular flexibility index (Phi) is 5.95. The van der Waals surface area contributed by atoms with Gasteiger partial charge in [-0.15, -0.1) is 0 Å². The number of methoxy groups -OCH3 is 1. The van der Waals surface area contributed by atoms with Gasteiger partial charge in [-0.2, -0.15) is 5.10 Å². The molecule has 1 aromatic carbocycles. The van der Waals surface area contributed by atoms with Crippen LogP contribution in [-0.4, -0.2) is 35.2 Å². The molecular weight excluding hydrogens is 375 g/mol. The molecule has 2 aromatic rings. The van der Waals surface area contributed by atoms with E-state index in [9.17, 15) is 14.0 Å². The van der Waals surface area contributed by atoms with Crippen LogP contribution in [0.15, 0.2) is 18.3 Å². The van der Waals surface area contributed by atoms with Crippen LogP contribution in [0.2, 0.25) is 5.02 Å². The molecule has 0 aliphatic heterocycles. The van der Waals surface area contributed by atoms with E-state index in [-0.39, 0.29) is 39.7 Å². The van der Waals surface area contributed by atoms with Gasteiger partial charge < -0.3 is 15.4 Å². The Labute approximate surface area is 160 Å². The predicted molar refractivity (Wildman–Crippen MR) is 98.8 cm³/mol. The van der Waals surface area contributed by atoms with Crippen molar-refractivity contribution < 1.29 is 18.7 Å². The first-order valence-corrected chi connectivity index (χ1v) is 9.06. The third-order valence-electron chi connectivity index (χ3n) is 4.56. The standard InChI is InChI=1S/C18H20ClFN4O3/c1-27-13-8-7-11(20)14(15(13)19)17(25)23-12-9-21-24-16(12)18(26)22-10-5-3-2-4-6-10/h7-10H,2-6H2,1H3,(H,21,24)(H,22,26)(H,23,25). The third-order valence-corrected chi connectivity index (χ3v) is 4.93. The number of carbonyl (C=O) groups is 2. The zero-order chi connectivity index (χ0) is 19.4. The number of anilines is 1. The van der Waals surface area contributed by atoms with Gasteiger partial charge >= 0.3 is 0 Å². The summed E-state index contributed by atoms with van der Waals surface area (Å²) in [5, 5.41) is 11.7. The molecule has 9 heteroatoms. The van der Waals surface area contributed by atoms with Gasteiger partial charge in [-0.25, -0.2) is 4.39 Å². The van der Waals surface area contributed by atoms with Crippen molar-refractivity contribution in [1.29, 1.82) is 0 Å². The van der Waals surface area contributed by atoms with Crippen LogP contribution in [0.3, 0.4) is 0 Å². The fourth-order valence-corrected chi connectivity index (χ4v) is 3.46. The van der Waals surface area contributed by atoms with Gasteiger partial charge in [0.05, 0.1) is 29.6 Å². The number of ether oxygens (including phenoxy) is 1. The second-order valence-corrected chi connectivity index (χ2v) is 6.74. The Hall–Kier alpha value is -2.61. The minimum absolute atomic E-state index is 0.100. The quantitative estimate of drug-likeness (QED) is 0.722. The van der Waals surface area contributed by atoms with E-state index < -0.39 is 11.7 Å². The predicted octanol–water partition coefficient (Wildman–Crippen LogP) is 3.53. The molecule has 1 aliphatic carbocycles. The minimum atomic E-state index is -0.801. The zero-order valence-corrected chi connectivity index (χ0v) is 15.5. The van der Waals surface area contributed by atoms with Gasteiger partial charge in [0.2, 0.25) is 0 Å². The first-order valence-electron chi connectivity index (χ1n) is 8.68. The van der Waals surface area contributed by atoms with Crippen LogP contribution in [0.5, 0.6) is 5.75 Å². The highest BCUT2D eigenvalue weighted by Crippen LogP contribution is 2.30. The Morgan fingerprint density at radius 3 is 2.70 bits per heavy atom. The van der Waals surface area contributed by atoms with Gasteiger partial charge in [0.1, 0.15) is 17.3 Å². The number of halogens is 2. The molecule has 1 aromatic heterocycles. The van der Waals surface area contributed by atoms with Crippen LogP contribution < -0.4 is 15.4 Å². The summed E-state index contributed by atoms with van der Waals surface area (Å²) in [5.74, 6) is -1.79. The molecule has 0 bridgehead atoms. The van der Waals surface area contributed by atoms with Crippen LogP contribution in [0.1, 0.15) is 53.0 Å². The molecular formula is C18H20ClFN4O3. The summed E-state index contributed by atoms with van der Waals surface area (Å²) >= 11 is 6.05. The number of H-pyrrole nitrogens is 1. The van der Waals surface area contributed by atoms with Crippen LogP contribution in [0.4, 0.5) is 10.1 Å². The van der Waals surface area contributed by atoms with Gasteiger partial charge in [-0.1, -0.05) is 30.9 Å². The maximum absolute atomic E-state index is 14.1. The molecule has 3 rings (SSSR count). The van der Waals surface area contributed by atoms with Crippen molar-refractivity contribution in [2.45, 2.75) is 38.1 Å². The molecule has 1 heterocycles. The fourth-order valence-electron chi connectivity index (χ4n) is 3.14. The number of amides is 2. The number of aromatic amines is 1. The molecule has 1 saturated carbocycles. The Morgan fingerprint density at radius 2 is 2.00 bits per heavy atom. The highest BCUT2D eigenvalue weighted by Gasteiger charge is 2.24. The summed E-state index contributed by atoms with van der Waals surface area (Å²) < 4.78 is 19.1. The van der Waals surface area contributed by atoms with Crippen molar-refractivity contribution in [2.24, 2.45) is 0 Å². The molecule has 0 spiro atoms. The lowest BCUT2D eigenvalue weighted by atomic mass is 9.95. The molecule has 27 heavy (non-hydrogen) atoms. The number of hydrogen-bond acceptors (Lipinski definition) is 4. The molecule has 3 N–H and O–H groups in total. The number of nitrogens with zero attached hydrogens (tertiary/aromatic N) is 1. The van der Waals surface area contributed by atoms with Crippen LogP contribution in [0, 0.1) is 5.82 Å². The molecule has 1 aliphatic rings. The van der Waals surface area contributed by atoms with Crippen LogP contribution in [0.25, 0.3) is 0 Å². The SMILES string of the molecule is COc1ccc(F)c(C(=O)Nc2cn[nH]c2C(=O)NC2CCCCC2)c1Cl. The summed E-state index contributed by atoms with van der Waals surface area (Å²) in [6.07, 6.45) is 6.46. The van der Waals surface area contributed by atoms with Crippen molar-refractivity contribution in [3.8, 4) is 5.75 Å². The first kappa shape index (κ1) is 19.2. The summed E-state index contributed by atoms with van der Waals surface area (Å²) in [6.45, 7) is 0. The average Bonchev–Trinajstić information content (AvgIpc) is 3.11. The molecule has 0 unspecified atom stereocenters. The van der Waals surface area contributed by atoms with Crippen LogP contribution in [-0.2, 0) is 0 Å². The summed E-state index contributed by atoms with van der Waals surface area (Å²) in [5.41, 5.74) is -0.115. The topological polar surface area (TPSA) is 96.1 Å². The lowest BCUT2D eigenvalue weighted by molar-refractivity contribution is 0.0923. The Bertz CT molecular complexity index is 849. The third kappa shape index (κ3) is 4.21. The molecule has 2 amide bonds. The van der Waals surface area contributed by atoms with Gasteiger partial charge in [-0.3, -0.25) is 14.7 Å². The smallest absolute Gasteiger partial charge is 0.271 e. The van der Waals surface area contributed by atoms with E-state index >= 15 is 0 Å². The van der Waals surface area contributed by atoms with E-state index in [1.807, 2.05) is 0 Å². The minimum Gasteiger partial charge on any atom is -0.495 e. The lowest BCUT2D eigenvalue weighted by Gasteiger charge is -2.22. The highest BCUT2D eigenvalue weighted by molar-refractivity contribution is 6.36. The normalized spacial score (nSPS) is 14.6.